The molecule has 2 aromatic heterocycles. The third kappa shape index (κ3) is 3.11. The lowest BCUT2D eigenvalue weighted by atomic mass is 10.1. The number of hydrogen-bond donors (Lipinski definition) is 1. The van der Waals surface area contributed by atoms with Crippen molar-refractivity contribution in [2.24, 2.45) is 0 Å². The normalized spacial score (nSPS) is 11.0. The van der Waals surface area contributed by atoms with Crippen LogP contribution in [0.2, 0.25) is 0 Å². The second-order valence-electron chi connectivity index (χ2n) is 6.09. The molecule has 0 saturated heterocycles. The molecule has 0 spiro atoms. The molecule has 0 unspecified atom stereocenters. The lowest BCUT2D eigenvalue weighted by Crippen LogP contribution is -2.03. The van der Waals surface area contributed by atoms with Crippen LogP contribution in [0.3, 0.4) is 0 Å². The van der Waals surface area contributed by atoms with Crippen LogP contribution >= 0.6 is 0 Å². The summed E-state index contributed by atoms with van der Waals surface area (Å²) in [5, 5.41) is 3.50. The van der Waals surface area contributed by atoms with E-state index in [9.17, 15) is 4.39 Å². The molecule has 0 radical (unpaired) electrons. The standard InChI is InChI=1S/C21H18FN3/c1-15-7-12-19-24-20(17-8-10-18(22)11-9-17)21(25(19)14-15)23-13-16-5-3-2-4-6-16/h2-12,14,23H,13H2,1H3. The largest absolute Gasteiger partial charge is 0.365 e. The first-order valence-corrected chi connectivity index (χ1v) is 8.23. The van der Waals surface area contributed by atoms with Crippen molar-refractivity contribution in [3.8, 4) is 11.3 Å². The third-order valence-electron chi connectivity index (χ3n) is 4.19. The Morgan fingerprint density at radius 3 is 2.48 bits per heavy atom. The molecule has 1 N–H and O–H groups in total. The molecule has 0 atom stereocenters. The quantitative estimate of drug-likeness (QED) is 0.566. The molecular weight excluding hydrogens is 313 g/mol. The Labute approximate surface area is 145 Å². The zero-order valence-electron chi connectivity index (χ0n) is 13.9. The Balaban J connectivity index is 1.79. The van der Waals surface area contributed by atoms with Gasteiger partial charge in [0.1, 0.15) is 23.0 Å². The highest BCUT2D eigenvalue weighted by molar-refractivity contribution is 5.76. The Morgan fingerprint density at radius 2 is 1.72 bits per heavy atom. The fraction of sp³-hybridized carbons (Fsp3) is 0.0952. The van der Waals surface area contributed by atoms with Crippen LogP contribution in [0.1, 0.15) is 11.1 Å². The lowest BCUT2D eigenvalue weighted by molar-refractivity contribution is 0.628. The van der Waals surface area contributed by atoms with Crippen LogP contribution < -0.4 is 5.32 Å². The van der Waals surface area contributed by atoms with Gasteiger partial charge in [-0.2, -0.15) is 0 Å². The number of aryl methyl sites for hydroxylation is 1. The molecule has 0 saturated carbocycles. The third-order valence-corrected chi connectivity index (χ3v) is 4.19. The van der Waals surface area contributed by atoms with Gasteiger partial charge in [0, 0.05) is 18.3 Å². The number of anilines is 1. The van der Waals surface area contributed by atoms with Gasteiger partial charge in [0.05, 0.1) is 0 Å². The van der Waals surface area contributed by atoms with Gasteiger partial charge in [-0.05, 0) is 48.4 Å². The van der Waals surface area contributed by atoms with Gasteiger partial charge < -0.3 is 5.32 Å². The Bertz CT molecular complexity index is 1000. The molecule has 0 aliphatic rings. The van der Waals surface area contributed by atoms with E-state index in [0.29, 0.717) is 6.54 Å². The van der Waals surface area contributed by atoms with Gasteiger partial charge in [-0.3, -0.25) is 4.40 Å². The van der Waals surface area contributed by atoms with Crippen molar-refractivity contribution in [3.63, 3.8) is 0 Å². The summed E-state index contributed by atoms with van der Waals surface area (Å²) in [7, 11) is 0. The topological polar surface area (TPSA) is 29.3 Å². The van der Waals surface area contributed by atoms with Crippen LogP contribution in [0.25, 0.3) is 16.9 Å². The number of aromatic nitrogens is 2. The predicted octanol–water partition coefficient (Wildman–Crippen LogP) is 5.06. The zero-order valence-corrected chi connectivity index (χ0v) is 13.9. The number of rotatable bonds is 4. The summed E-state index contributed by atoms with van der Waals surface area (Å²) in [6, 6.07) is 20.7. The predicted molar refractivity (Wildman–Crippen MR) is 99.1 cm³/mol. The molecule has 124 valence electrons. The first kappa shape index (κ1) is 15.4. The van der Waals surface area contributed by atoms with Crippen LogP contribution in [0.5, 0.6) is 0 Å². The minimum absolute atomic E-state index is 0.248. The van der Waals surface area contributed by atoms with Crippen LogP contribution in [0.4, 0.5) is 10.2 Å². The van der Waals surface area contributed by atoms with E-state index in [4.69, 9.17) is 4.98 Å². The van der Waals surface area contributed by atoms with Crippen molar-refractivity contribution in [1.82, 2.24) is 9.38 Å². The minimum atomic E-state index is -0.248. The summed E-state index contributed by atoms with van der Waals surface area (Å²) in [5.41, 5.74) is 4.91. The maximum absolute atomic E-state index is 13.3. The van der Waals surface area contributed by atoms with E-state index in [-0.39, 0.29) is 5.82 Å². The number of imidazole rings is 1. The summed E-state index contributed by atoms with van der Waals surface area (Å²) >= 11 is 0. The average molecular weight is 331 g/mol. The molecule has 4 heteroatoms. The number of hydrogen-bond acceptors (Lipinski definition) is 2. The molecule has 2 heterocycles. The molecule has 25 heavy (non-hydrogen) atoms. The molecule has 0 aliphatic carbocycles. The summed E-state index contributed by atoms with van der Waals surface area (Å²) < 4.78 is 15.3. The number of nitrogens with one attached hydrogen (secondary N) is 1. The Morgan fingerprint density at radius 1 is 0.960 bits per heavy atom. The van der Waals surface area contributed by atoms with Crippen LogP contribution in [-0.4, -0.2) is 9.38 Å². The molecule has 4 rings (SSSR count). The monoisotopic (exact) mass is 331 g/mol. The van der Waals surface area contributed by atoms with Gasteiger partial charge in [0.2, 0.25) is 0 Å². The van der Waals surface area contributed by atoms with E-state index >= 15 is 0 Å². The number of nitrogens with zero attached hydrogens (tertiary/aromatic N) is 2. The molecule has 2 aromatic carbocycles. The maximum atomic E-state index is 13.3. The average Bonchev–Trinajstić information content (AvgIpc) is 2.99. The smallest absolute Gasteiger partial charge is 0.139 e. The van der Waals surface area contributed by atoms with Gasteiger partial charge in [-0.1, -0.05) is 36.4 Å². The maximum Gasteiger partial charge on any atom is 0.139 e. The molecule has 4 aromatic rings. The number of pyridine rings is 1. The van der Waals surface area contributed by atoms with Crippen LogP contribution in [0, 0.1) is 12.7 Å². The zero-order chi connectivity index (χ0) is 17.2. The molecular formula is C21H18FN3. The summed E-state index contributed by atoms with van der Waals surface area (Å²) in [6.07, 6.45) is 2.06. The van der Waals surface area contributed by atoms with E-state index in [1.807, 2.05) is 30.3 Å². The summed E-state index contributed by atoms with van der Waals surface area (Å²) in [4.78, 5) is 4.74. The van der Waals surface area contributed by atoms with E-state index < -0.39 is 0 Å². The highest BCUT2D eigenvalue weighted by Gasteiger charge is 2.14. The van der Waals surface area contributed by atoms with Gasteiger partial charge in [-0.25, -0.2) is 9.37 Å². The number of fused-ring (bicyclic) bond motifs is 1. The summed E-state index contributed by atoms with van der Waals surface area (Å²) in [5.74, 6) is 0.663. The number of halogens is 1. The van der Waals surface area contributed by atoms with E-state index in [1.54, 1.807) is 12.1 Å². The second kappa shape index (κ2) is 6.40. The molecule has 0 fully saturated rings. The van der Waals surface area contributed by atoms with Crippen molar-refractivity contribution in [1.29, 1.82) is 0 Å². The fourth-order valence-corrected chi connectivity index (χ4v) is 2.91. The van der Waals surface area contributed by atoms with E-state index in [2.05, 4.69) is 35.0 Å². The SMILES string of the molecule is Cc1ccc2nc(-c3ccc(F)cc3)c(NCc3ccccc3)n2c1. The highest BCUT2D eigenvalue weighted by atomic mass is 19.1. The van der Waals surface area contributed by atoms with E-state index in [0.717, 1.165) is 28.3 Å². The van der Waals surface area contributed by atoms with Gasteiger partial charge in [0.25, 0.3) is 0 Å². The Hall–Kier alpha value is -3.14. The van der Waals surface area contributed by atoms with Gasteiger partial charge in [-0.15, -0.1) is 0 Å². The molecule has 0 amide bonds. The van der Waals surface area contributed by atoms with Gasteiger partial charge in [0.15, 0.2) is 0 Å². The van der Waals surface area contributed by atoms with E-state index in [1.165, 1.54) is 17.7 Å². The van der Waals surface area contributed by atoms with Crippen LogP contribution in [0.15, 0.2) is 72.9 Å². The van der Waals surface area contributed by atoms with Crippen molar-refractivity contribution in [3.05, 3.63) is 89.9 Å². The minimum Gasteiger partial charge on any atom is -0.365 e. The molecule has 0 bridgehead atoms. The second-order valence-corrected chi connectivity index (χ2v) is 6.09. The molecule has 0 aliphatic heterocycles. The van der Waals surface area contributed by atoms with Crippen molar-refractivity contribution in [2.75, 3.05) is 5.32 Å². The van der Waals surface area contributed by atoms with Crippen molar-refractivity contribution >= 4 is 11.5 Å². The number of benzene rings is 2. The summed E-state index contributed by atoms with van der Waals surface area (Å²) in [6.45, 7) is 2.74. The molecule has 3 nitrogen and oxygen atoms in total. The first-order chi connectivity index (χ1) is 12.2. The van der Waals surface area contributed by atoms with Crippen molar-refractivity contribution < 1.29 is 4.39 Å². The highest BCUT2D eigenvalue weighted by Crippen LogP contribution is 2.29. The first-order valence-electron chi connectivity index (χ1n) is 8.23. The van der Waals surface area contributed by atoms with Crippen molar-refractivity contribution in [2.45, 2.75) is 13.5 Å². The Kier molecular flexibility index (Phi) is 3.94. The van der Waals surface area contributed by atoms with Gasteiger partial charge >= 0.3 is 0 Å². The fourth-order valence-electron chi connectivity index (χ4n) is 2.91. The lowest BCUT2D eigenvalue weighted by Gasteiger charge is -2.09. The van der Waals surface area contributed by atoms with Crippen LogP contribution in [-0.2, 0) is 6.54 Å².